The molecule has 20 heavy (non-hydrogen) atoms. The van der Waals surface area contributed by atoms with E-state index in [1.165, 1.54) is 32.0 Å². The van der Waals surface area contributed by atoms with Crippen LogP contribution in [0.4, 0.5) is 10.5 Å². The Bertz CT molecular complexity index is 572. The summed E-state index contributed by atoms with van der Waals surface area (Å²) in [5.74, 6) is -2.00. The predicted molar refractivity (Wildman–Crippen MR) is 73.8 cm³/mol. The highest BCUT2D eigenvalue weighted by Gasteiger charge is 2.27. The third-order valence-electron chi connectivity index (χ3n) is 2.52. The SMILES string of the molecule is CC(C)(NC(=O)Nc1cccc(Cl)c1C(=O)O)C(N)=O. The first-order chi connectivity index (χ1) is 9.15. The Morgan fingerprint density at radius 1 is 1.30 bits per heavy atom. The van der Waals surface area contributed by atoms with Crippen molar-refractivity contribution < 1.29 is 19.5 Å². The van der Waals surface area contributed by atoms with Crippen molar-refractivity contribution in [2.75, 3.05) is 5.32 Å². The Morgan fingerprint density at radius 2 is 1.90 bits per heavy atom. The molecule has 0 fully saturated rings. The number of hydrogen-bond acceptors (Lipinski definition) is 3. The molecular weight excluding hydrogens is 286 g/mol. The van der Waals surface area contributed by atoms with Gasteiger partial charge in [0.15, 0.2) is 0 Å². The minimum Gasteiger partial charge on any atom is -0.478 e. The van der Waals surface area contributed by atoms with Crippen LogP contribution >= 0.6 is 11.6 Å². The molecule has 0 saturated heterocycles. The molecule has 0 bridgehead atoms. The summed E-state index contributed by atoms with van der Waals surface area (Å²) in [6.07, 6.45) is 0. The van der Waals surface area contributed by atoms with Crippen molar-refractivity contribution in [3.63, 3.8) is 0 Å². The van der Waals surface area contributed by atoms with Crippen LogP contribution in [0.3, 0.4) is 0 Å². The molecule has 0 unspecified atom stereocenters. The van der Waals surface area contributed by atoms with Crippen LogP contribution in [0.15, 0.2) is 18.2 Å². The van der Waals surface area contributed by atoms with Crippen LogP contribution in [-0.4, -0.2) is 28.6 Å². The molecule has 0 radical (unpaired) electrons. The van der Waals surface area contributed by atoms with Gasteiger partial charge in [0.2, 0.25) is 5.91 Å². The van der Waals surface area contributed by atoms with Crippen LogP contribution in [0.2, 0.25) is 5.02 Å². The van der Waals surface area contributed by atoms with E-state index < -0.39 is 23.4 Å². The fourth-order valence-electron chi connectivity index (χ4n) is 1.34. The molecule has 0 aliphatic rings. The summed E-state index contributed by atoms with van der Waals surface area (Å²) in [5, 5.41) is 13.7. The highest BCUT2D eigenvalue weighted by Crippen LogP contribution is 2.24. The van der Waals surface area contributed by atoms with E-state index in [1.54, 1.807) is 0 Å². The number of nitrogens with two attached hydrogens (primary N) is 1. The number of benzene rings is 1. The van der Waals surface area contributed by atoms with Crippen LogP contribution in [0.25, 0.3) is 0 Å². The fourth-order valence-corrected chi connectivity index (χ4v) is 1.60. The molecule has 0 aliphatic heterocycles. The number of aromatic carboxylic acids is 1. The van der Waals surface area contributed by atoms with E-state index in [2.05, 4.69) is 10.6 Å². The first-order valence-electron chi connectivity index (χ1n) is 5.56. The van der Waals surface area contributed by atoms with E-state index >= 15 is 0 Å². The van der Waals surface area contributed by atoms with Crippen LogP contribution in [0.5, 0.6) is 0 Å². The summed E-state index contributed by atoms with van der Waals surface area (Å²) in [6, 6.07) is 3.50. The number of nitrogens with one attached hydrogen (secondary N) is 2. The molecule has 0 saturated carbocycles. The van der Waals surface area contributed by atoms with Gasteiger partial charge in [-0.25, -0.2) is 9.59 Å². The van der Waals surface area contributed by atoms with Gasteiger partial charge < -0.3 is 21.5 Å². The normalized spacial score (nSPS) is 10.8. The highest BCUT2D eigenvalue weighted by molar-refractivity contribution is 6.34. The number of anilines is 1. The second kappa shape index (κ2) is 5.79. The Morgan fingerprint density at radius 3 is 2.40 bits per heavy atom. The fraction of sp³-hybridized carbons (Fsp3) is 0.250. The van der Waals surface area contributed by atoms with Crippen LogP contribution in [0.1, 0.15) is 24.2 Å². The van der Waals surface area contributed by atoms with Crippen molar-refractivity contribution in [2.45, 2.75) is 19.4 Å². The van der Waals surface area contributed by atoms with Gasteiger partial charge in [-0.3, -0.25) is 4.79 Å². The standard InChI is InChI=1S/C12H14ClN3O4/c1-12(2,10(14)19)16-11(20)15-7-5-3-4-6(13)8(7)9(17)18/h3-5H,1-2H3,(H2,14,19)(H,17,18)(H2,15,16,20). The number of carboxylic acids is 1. The number of amides is 3. The maximum atomic E-state index is 11.8. The highest BCUT2D eigenvalue weighted by atomic mass is 35.5. The van der Waals surface area contributed by atoms with E-state index in [1.807, 2.05) is 0 Å². The number of carbonyl (C=O) groups is 3. The molecule has 7 nitrogen and oxygen atoms in total. The summed E-state index contributed by atoms with van der Waals surface area (Å²) >= 11 is 5.76. The summed E-state index contributed by atoms with van der Waals surface area (Å²) in [5.41, 5.74) is 3.63. The van der Waals surface area contributed by atoms with Gasteiger partial charge in [0, 0.05) is 0 Å². The second-order valence-electron chi connectivity index (χ2n) is 4.54. The lowest BCUT2D eigenvalue weighted by molar-refractivity contribution is -0.122. The molecule has 1 aromatic rings. The molecule has 0 aliphatic carbocycles. The number of hydrogen-bond donors (Lipinski definition) is 4. The van der Waals surface area contributed by atoms with Gasteiger partial charge in [0.1, 0.15) is 11.1 Å². The lowest BCUT2D eigenvalue weighted by atomic mass is 10.1. The van der Waals surface area contributed by atoms with Gasteiger partial charge >= 0.3 is 12.0 Å². The smallest absolute Gasteiger partial charge is 0.339 e. The number of halogens is 1. The minimum absolute atomic E-state index is 0.00976. The first kappa shape index (κ1) is 15.8. The summed E-state index contributed by atoms with van der Waals surface area (Å²) in [4.78, 5) is 33.9. The lowest BCUT2D eigenvalue weighted by Crippen LogP contribution is -2.54. The zero-order valence-corrected chi connectivity index (χ0v) is 11.6. The topological polar surface area (TPSA) is 122 Å². The molecule has 8 heteroatoms. The van der Waals surface area contributed by atoms with Gasteiger partial charge in [0.05, 0.1) is 10.7 Å². The van der Waals surface area contributed by atoms with Crippen LogP contribution in [0, 0.1) is 0 Å². The zero-order chi connectivity index (χ0) is 15.5. The third kappa shape index (κ3) is 3.61. The molecule has 0 aromatic heterocycles. The Balaban J connectivity index is 2.95. The molecular formula is C12H14ClN3O4. The predicted octanol–water partition coefficient (Wildman–Crippen LogP) is 1.42. The maximum absolute atomic E-state index is 11.8. The average Bonchev–Trinajstić information content (AvgIpc) is 2.26. The number of primary amides is 1. The molecule has 1 aromatic carbocycles. The van der Waals surface area contributed by atoms with E-state index in [0.717, 1.165) is 0 Å². The zero-order valence-electron chi connectivity index (χ0n) is 10.9. The van der Waals surface area contributed by atoms with Crippen LogP contribution < -0.4 is 16.4 Å². The van der Waals surface area contributed by atoms with E-state index in [9.17, 15) is 14.4 Å². The number of carboxylic acid groups (broad SMARTS) is 1. The van der Waals surface area contributed by atoms with Gasteiger partial charge in [0.25, 0.3) is 0 Å². The molecule has 0 heterocycles. The maximum Gasteiger partial charge on any atom is 0.339 e. The van der Waals surface area contributed by atoms with E-state index in [0.29, 0.717) is 0 Å². The summed E-state index contributed by atoms with van der Waals surface area (Å²) in [7, 11) is 0. The Labute approximate surface area is 120 Å². The van der Waals surface area contributed by atoms with Gasteiger partial charge in [-0.2, -0.15) is 0 Å². The van der Waals surface area contributed by atoms with Crippen LogP contribution in [-0.2, 0) is 4.79 Å². The summed E-state index contributed by atoms with van der Waals surface area (Å²) < 4.78 is 0. The monoisotopic (exact) mass is 299 g/mol. The molecule has 1 rings (SSSR count). The molecule has 108 valence electrons. The third-order valence-corrected chi connectivity index (χ3v) is 2.83. The van der Waals surface area contributed by atoms with Gasteiger partial charge in [-0.05, 0) is 26.0 Å². The quantitative estimate of drug-likeness (QED) is 0.671. The average molecular weight is 300 g/mol. The van der Waals surface area contributed by atoms with Gasteiger partial charge in [-0.15, -0.1) is 0 Å². The molecule has 0 atom stereocenters. The summed E-state index contributed by atoms with van der Waals surface area (Å²) in [6.45, 7) is 2.84. The molecule has 5 N–H and O–H groups in total. The number of rotatable bonds is 4. The largest absolute Gasteiger partial charge is 0.478 e. The lowest BCUT2D eigenvalue weighted by Gasteiger charge is -2.22. The molecule has 0 spiro atoms. The Kier molecular flexibility index (Phi) is 4.57. The van der Waals surface area contributed by atoms with Crippen molar-refractivity contribution in [3.8, 4) is 0 Å². The minimum atomic E-state index is -1.28. The number of carbonyl (C=O) groups excluding carboxylic acids is 2. The van der Waals surface area contributed by atoms with Crippen molar-refractivity contribution in [3.05, 3.63) is 28.8 Å². The van der Waals surface area contributed by atoms with E-state index in [-0.39, 0.29) is 16.3 Å². The van der Waals surface area contributed by atoms with Crippen molar-refractivity contribution in [2.24, 2.45) is 5.73 Å². The van der Waals surface area contributed by atoms with Crippen molar-refractivity contribution in [1.82, 2.24) is 5.32 Å². The van der Waals surface area contributed by atoms with Gasteiger partial charge in [-0.1, -0.05) is 17.7 Å². The van der Waals surface area contributed by atoms with Crippen molar-refractivity contribution >= 4 is 35.2 Å². The second-order valence-corrected chi connectivity index (χ2v) is 4.94. The molecule has 3 amide bonds. The Hall–Kier alpha value is -2.28. The first-order valence-corrected chi connectivity index (χ1v) is 5.94. The number of urea groups is 1. The van der Waals surface area contributed by atoms with E-state index in [4.69, 9.17) is 22.4 Å². The van der Waals surface area contributed by atoms with Crippen molar-refractivity contribution in [1.29, 1.82) is 0 Å².